The molecule has 2 aromatic heterocycles. The minimum absolute atomic E-state index is 0.0244. The van der Waals surface area contributed by atoms with Crippen LogP contribution < -0.4 is 10.5 Å². The maximum absolute atomic E-state index is 12.5. The Labute approximate surface area is 132 Å². The molecule has 1 aromatic carbocycles. The Morgan fingerprint density at radius 1 is 1.23 bits per heavy atom. The molecule has 0 fully saturated rings. The van der Waals surface area contributed by atoms with Gasteiger partial charge in [0.05, 0.1) is 20.9 Å². The van der Waals surface area contributed by atoms with Crippen LogP contribution in [0.1, 0.15) is 10.6 Å². The van der Waals surface area contributed by atoms with Crippen LogP contribution in [0.3, 0.4) is 0 Å². The van der Waals surface area contributed by atoms with Crippen LogP contribution in [0.15, 0.2) is 35.4 Å². The van der Waals surface area contributed by atoms with Crippen molar-refractivity contribution in [1.82, 2.24) is 9.97 Å². The van der Waals surface area contributed by atoms with E-state index in [4.69, 9.17) is 5.73 Å². The number of hydrogen-bond acceptors (Lipinski definition) is 6. The molecule has 0 aliphatic rings. The Hall–Kier alpha value is -2.19. The van der Waals surface area contributed by atoms with Gasteiger partial charge in [-0.25, -0.2) is 18.4 Å². The van der Waals surface area contributed by atoms with Crippen molar-refractivity contribution in [2.75, 3.05) is 10.5 Å². The SMILES string of the molecule is Cc1cnc(N)c(S(=O)(=O)Nc2ccc3sc(C)nc3c2)c1. The topological polar surface area (TPSA) is 98.0 Å². The van der Waals surface area contributed by atoms with E-state index in [2.05, 4.69) is 14.7 Å². The lowest BCUT2D eigenvalue weighted by molar-refractivity contribution is 0.601. The number of nitrogens with zero attached hydrogens (tertiary/aromatic N) is 2. The number of rotatable bonds is 3. The molecule has 0 spiro atoms. The van der Waals surface area contributed by atoms with Crippen LogP contribution in [-0.4, -0.2) is 18.4 Å². The molecule has 22 heavy (non-hydrogen) atoms. The number of sulfonamides is 1. The minimum Gasteiger partial charge on any atom is -0.383 e. The van der Waals surface area contributed by atoms with Crippen LogP contribution in [0, 0.1) is 13.8 Å². The van der Waals surface area contributed by atoms with Gasteiger partial charge >= 0.3 is 0 Å². The van der Waals surface area contributed by atoms with E-state index < -0.39 is 10.0 Å². The van der Waals surface area contributed by atoms with E-state index in [9.17, 15) is 8.42 Å². The van der Waals surface area contributed by atoms with E-state index in [1.54, 1.807) is 30.4 Å². The summed E-state index contributed by atoms with van der Waals surface area (Å²) in [6, 6.07) is 6.75. The molecule has 0 radical (unpaired) electrons. The minimum atomic E-state index is -3.79. The summed E-state index contributed by atoms with van der Waals surface area (Å²) < 4.78 is 28.5. The number of aryl methyl sites for hydroxylation is 2. The third-order valence-corrected chi connectivity index (χ3v) is 5.42. The molecule has 0 aliphatic carbocycles. The third kappa shape index (κ3) is 2.75. The second-order valence-corrected chi connectivity index (χ2v) is 7.80. The monoisotopic (exact) mass is 334 g/mol. The molecule has 0 amide bonds. The van der Waals surface area contributed by atoms with E-state index in [-0.39, 0.29) is 10.7 Å². The van der Waals surface area contributed by atoms with Crippen LogP contribution in [0.4, 0.5) is 11.5 Å². The van der Waals surface area contributed by atoms with Gasteiger partial charge in [0.15, 0.2) is 0 Å². The molecule has 0 bridgehead atoms. The van der Waals surface area contributed by atoms with Crippen molar-refractivity contribution in [1.29, 1.82) is 0 Å². The predicted octanol–water partition coefficient (Wildman–Crippen LogP) is 2.69. The largest absolute Gasteiger partial charge is 0.383 e. The van der Waals surface area contributed by atoms with Crippen LogP contribution in [0.25, 0.3) is 10.2 Å². The fourth-order valence-corrected chi connectivity index (χ4v) is 4.11. The van der Waals surface area contributed by atoms with Gasteiger partial charge in [-0.15, -0.1) is 11.3 Å². The van der Waals surface area contributed by atoms with Gasteiger partial charge in [-0.1, -0.05) is 0 Å². The van der Waals surface area contributed by atoms with Crippen molar-refractivity contribution < 1.29 is 8.42 Å². The number of pyridine rings is 1. The number of aromatic nitrogens is 2. The quantitative estimate of drug-likeness (QED) is 0.767. The van der Waals surface area contributed by atoms with Crippen LogP contribution in [0.5, 0.6) is 0 Å². The summed E-state index contributed by atoms with van der Waals surface area (Å²) in [5.41, 5.74) is 7.61. The lowest BCUT2D eigenvalue weighted by atomic mass is 10.3. The van der Waals surface area contributed by atoms with Crippen molar-refractivity contribution in [3.8, 4) is 0 Å². The molecule has 114 valence electrons. The molecular formula is C14H14N4O2S2. The van der Waals surface area contributed by atoms with E-state index in [1.807, 2.05) is 13.0 Å². The summed E-state index contributed by atoms with van der Waals surface area (Å²) >= 11 is 1.56. The fraction of sp³-hybridized carbons (Fsp3) is 0.143. The van der Waals surface area contributed by atoms with E-state index in [0.29, 0.717) is 5.69 Å². The maximum Gasteiger partial charge on any atom is 0.265 e. The zero-order valence-electron chi connectivity index (χ0n) is 12.0. The van der Waals surface area contributed by atoms with Gasteiger partial charge in [0.2, 0.25) is 0 Å². The molecule has 8 heteroatoms. The molecule has 0 atom stereocenters. The highest BCUT2D eigenvalue weighted by atomic mass is 32.2. The highest BCUT2D eigenvalue weighted by Gasteiger charge is 2.19. The van der Waals surface area contributed by atoms with Crippen molar-refractivity contribution >= 4 is 43.1 Å². The second-order valence-electron chi connectivity index (χ2n) is 4.92. The molecule has 0 unspecified atom stereocenters. The molecule has 2 heterocycles. The second kappa shape index (κ2) is 5.22. The fourth-order valence-electron chi connectivity index (χ4n) is 2.08. The average molecular weight is 334 g/mol. The smallest absolute Gasteiger partial charge is 0.265 e. The summed E-state index contributed by atoms with van der Waals surface area (Å²) in [5, 5.41) is 0.933. The number of anilines is 2. The van der Waals surface area contributed by atoms with Crippen molar-refractivity contribution in [2.45, 2.75) is 18.7 Å². The van der Waals surface area contributed by atoms with Gasteiger partial charge in [-0.2, -0.15) is 0 Å². The van der Waals surface area contributed by atoms with Gasteiger partial charge in [0, 0.05) is 6.20 Å². The molecule has 0 aliphatic heterocycles. The highest BCUT2D eigenvalue weighted by molar-refractivity contribution is 7.92. The summed E-state index contributed by atoms with van der Waals surface area (Å²) in [5.74, 6) is -0.0244. The molecule has 6 nitrogen and oxygen atoms in total. The molecular weight excluding hydrogens is 320 g/mol. The van der Waals surface area contributed by atoms with Crippen LogP contribution in [-0.2, 0) is 10.0 Å². The third-order valence-electron chi connectivity index (χ3n) is 3.05. The summed E-state index contributed by atoms with van der Waals surface area (Å²) in [4.78, 5) is 8.22. The van der Waals surface area contributed by atoms with Crippen LogP contribution in [0.2, 0.25) is 0 Å². The number of nitrogen functional groups attached to an aromatic ring is 1. The molecule has 3 N–H and O–H groups in total. The number of hydrogen-bond donors (Lipinski definition) is 2. The zero-order valence-corrected chi connectivity index (χ0v) is 13.6. The molecule has 3 rings (SSSR count). The summed E-state index contributed by atoms with van der Waals surface area (Å²) in [6.07, 6.45) is 1.53. The van der Waals surface area contributed by atoms with Crippen molar-refractivity contribution in [3.63, 3.8) is 0 Å². The first-order valence-corrected chi connectivity index (χ1v) is 8.77. The Bertz CT molecular complexity index is 964. The first kappa shape index (κ1) is 14.7. The average Bonchev–Trinajstić information content (AvgIpc) is 2.80. The molecule has 0 saturated heterocycles. The Balaban J connectivity index is 2.00. The molecule has 0 saturated carbocycles. The number of thiazole rings is 1. The lowest BCUT2D eigenvalue weighted by Crippen LogP contribution is -2.15. The number of fused-ring (bicyclic) bond motifs is 1. The number of benzene rings is 1. The van der Waals surface area contributed by atoms with Gasteiger partial charge < -0.3 is 5.73 Å². The summed E-state index contributed by atoms with van der Waals surface area (Å²) in [6.45, 7) is 3.67. The molecule has 3 aromatic rings. The predicted molar refractivity (Wildman–Crippen MR) is 88.6 cm³/mol. The Morgan fingerprint density at radius 3 is 2.77 bits per heavy atom. The highest BCUT2D eigenvalue weighted by Crippen LogP contribution is 2.26. The van der Waals surface area contributed by atoms with Crippen molar-refractivity contribution in [3.05, 3.63) is 41.0 Å². The van der Waals surface area contributed by atoms with Crippen LogP contribution >= 0.6 is 11.3 Å². The maximum atomic E-state index is 12.5. The number of nitrogens with two attached hydrogens (primary N) is 1. The Kier molecular flexibility index (Phi) is 3.50. The van der Waals surface area contributed by atoms with E-state index >= 15 is 0 Å². The first-order valence-electron chi connectivity index (χ1n) is 6.47. The Morgan fingerprint density at radius 2 is 2.00 bits per heavy atom. The van der Waals surface area contributed by atoms with E-state index in [0.717, 1.165) is 20.8 Å². The summed E-state index contributed by atoms with van der Waals surface area (Å²) in [7, 11) is -3.79. The van der Waals surface area contributed by atoms with Gasteiger partial charge in [0.1, 0.15) is 10.7 Å². The van der Waals surface area contributed by atoms with Gasteiger partial charge in [-0.3, -0.25) is 4.72 Å². The number of nitrogens with one attached hydrogen (secondary N) is 1. The standard InChI is InChI=1S/C14H14N4O2S2/c1-8-5-13(14(15)16-7-8)22(19,20)18-10-3-4-12-11(6-10)17-9(2)21-12/h3-7,18H,1-2H3,(H2,15,16). The van der Waals surface area contributed by atoms with Crippen molar-refractivity contribution in [2.24, 2.45) is 0 Å². The van der Waals surface area contributed by atoms with Gasteiger partial charge in [0.25, 0.3) is 10.0 Å². The van der Waals surface area contributed by atoms with Gasteiger partial charge in [-0.05, 0) is 43.7 Å². The van der Waals surface area contributed by atoms with E-state index in [1.165, 1.54) is 12.3 Å². The first-order chi connectivity index (χ1) is 10.3. The normalized spacial score (nSPS) is 11.7. The lowest BCUT2D eigenvalue weighted by Gasteiger charge is -2.10. The zero-order chi connectivity index (χ0) is 15.9.